The molecule has 0 aromatic carbocycles. The lowest BCUT2D eigenvalue weighted by atomic mass is 10.1. The van der Waals surface area contributed by atoms with E-state index in [1.165, 1.54) is 0 Å². The van der Waals surface area contributed by atoms with Gasteiger partial charge < -0.3 is 15.3 Å². The third-order valence-electron chi connectivity index (χ3n) is 2.16. The molecule has 0 aliphatic rings. The third-order valence-corrected chi connectivity index (χ3v) is 2.47. The van der Waals surface area contributed by atoms with Crippen molar-refractivity contribution in [3.8, 4) is 0 Å². The molecule has 0 saturated heterocycles. The predicted octanol–water partition coefficient (Wildman–Crippen LogP) is -0.665. The Labute approximate surface area is 101 Å². The Bertz CT molecular complexity index is 194. The Morgan fingerprint density at radius 2 is 2.00 bits per heavy atom. The number of thiol groups is 1. The van der Waals surface area contributed by atoms with Crippen LogP contribution >= 0.6 is 12.8 Å². The van der Waals surface area contributed by atoms with Crippen molar-refractivity contribution in [3.05, 3.63) is 0 Å². The maximum atomic E-state index is 10.6. The molecule has 0 aromatic rings. The second-order valence-electron chi connectivity index (χ2n) is 3.50. The first-order chi connectivity index (χ1) is 7.61. The second-order valence-corrected chi connectivity index (χ2v) is 3.76. The van der Waals surface area contributed by atoms with E-state index in [-0.39, 0.29) is 6.61 Å². The Morgan fingerprint density at radius 3 is 2.50 bits per heavy atom. The van der Waals surface area contributed by atoms with Crippen LogP contribution in [0.15, 0.2) is 0 Å². The highest BCUT2D eigenvalue weighted by molar-refractivity contribution is 7.78. The van der Waals surface area contributed by atoms with E-state index >= 15 is 0 Å². The van der Waals surface area contributed by atoms with Gasteiger partial charge in [0.05, 0.1) is 0 Å². The van der Waals surface area contributed by atoms with E-state index in [2.05, 4.69) is 22.9 Å². The normalized spacial score (nSPS) is 14.7. The zero-order valence-corrected chi connectivity index (χ0v) is 9.99. The molecule has 6 nitrogen and oxygen atoms in total. The third kappa shape index (κ3) is 7.89. The van der Waals surface area contributed by atoms with Gasteiger partial charge in [-0.1, -0.05) is 19.2 Å². The van der Waals surface area contributed by atoms with E-state index in [0.717, 1.165) is 12.8 Å². The van der Waals surface area contributed by atoms with Gasteiger partial charge in [-0.25, -0.2) is 0 Å². The average molecular weight is 252 g/mol. The SMILES string of the molecule is O=C(O)C(CCCCNC(O)CCO)NS. The molecule has 0 bridgehead atoms. The monoisotopic (exact) mass is 252 g/mol. The summed E-state index contributed by atoms with van der Waals surface area (Å²) in [6.07, 6.45) is 1.60. The molecule has 0 saturated carbocycles. The van der Waals surface area contributed by atoms with Crippen LogP contribution in [0.2, 0.25) is 0 Å². The summed E-state index contributed by atoms with van der Waals surface area (Å²) in [5.41, 5.74) is 0. The van der Waals surface area contributed by atoms with Crippen LogP contribution in [-0.4, -0.2) is 46.7 Å². The van der Waals surface area contributed by atoms with Crippen molar-refractivity contribution in [3.63, 3.8) is 0 Å². The lowest BCUT2D eigenvalue weighted by Crippen LogP contribution is -2.32. The zero-order valence-electron chi connectivity index (χ0n) is 9.09. The summed E-state index contributed by atoms with van der Waals surface area (Å²) in [5, 5.41) is 29.2. The number of carbonyl (C=O) groups is 1. The lowest BCUT2D eigenvalue weighted by molar-refractivity contribution is -0.139. The molecule has 7 heteroatoms. The second kappa shape index (κ2) is 9.86. The number of hydrogen-bond acceptors (Lipinski definition) is 6. The highest BCUT2D eigenvalue weighted by atomic mass is 32.1. The van der Waals surface area contributed by atoms with Gasteiger partial charge in [-0.05, 0) is 19.4 Å². The molecule has 0 aliphatic heterocycles. The topological polar surface area (TPSA) is 102 Å². The molecule has 2 unspecified atom stereocenters. The largest absolute Gasteiger partial charge is 0.480 e. The summed E-state index contributed by atoms with van der Waals surface area (Å²) in [7, 11) is 0. The number of aliphatic carboxylic acids is 1. The van der Waals surface area contributed by atoms with E-state index in [4.69, 9.17) is 10.2 Å². The summed E-state index contributed by atoms with van der Waals surface area (Å²) in [5.74, 6) is -0.914. The number of aliphatic hydroxyl groups is 2. The van der Waals surface area contributed by atoms with E-state index in [1.807, 2.05) is 0 Å². The Hall–Kier alpha value is -0.340. The first-order valence-electron chi connectivity index (χ1n) is 5.26. The molecule has 5 N–H and O–H groups in total. The van der Waals surface area contributed by atoms with Crippen molar-refractivity contribution in [2.45, 2.75) is 38.0 Å². The fourth-order valence-electron chi connectivity index (χ4n) is 1.21. The van der Waals surface area contributed by atoms with Gasteiger partial charge in [0.15, 0.2) is 0 Å². The number of carboxylic acid groups (broad SMARTS) is 1. The number of carboxylic acids is 1. The number of nitrogens with one attached hydrogen (secondary N) is 2. The Balaban J connectivity index is 3.42. The van der Waals surface area contributed by atoms with Crippen LogP contribution in [0, 0.1) is 0 Å². The van der Waals surface area contributed by atoms with Crippen LogP contribution < -0.4 is 10.0 Å². The molecule has 0 aromatic heterocycles. The minimum atomic E-state index is -0.914. The van der Waals surface area contributed by atoms with Crippen molar-refractivity contribution in [2.24, 2.45) is 0 Å². The maximum absolute atomic E-state index is 10.6. The predicted molar refractivity (Wildman–Crippen MR) is 63.1 cm³/mol. The van der Waals surface area contributed by atoms with Gasteiger partial charge >= 0.3 is 5.97 Å². The molecule has 0 radical (unpaired) electrons. The van der Waals surface area contributed by atoms with Gasteiger partial charge in [-0.3, -0.25) is 14.8 Å². The van der Waals surface area contributed by atoms with E-state index in [1.54, 1.807) is 0 Å². The van der Waals surface area contributed by atoms with Crippen molar-refractivity contribution in [1.29, 1.82) is 0 Å². The molecular formula is C9H20N2O4S. The van der Waals surface area contributed by atoms with Gasteiger partial charge in [0, 0.05) is 13.0 Å². The molecule has 0 heterocycles. The molecule has 2 atom stereocenters. The van der Waals surface area contributed by atoms with Crippen LogP contribution in [-0.2, 0) is 4.79 Å². The van der Waals surface area contributed by atoms with Crippen molar-refractivity contribution >= 4 is 18.8 Å². The Kier molecular flexibility index (Phi) is 9.65. The van der Waals surface area contributed by atoms with Crippen molar-refractivity contribution < 1.29 is 20.1 Å². The molecule has 16 heavy (non-hydrogen) atoms. The van der Waals surface area contributed by atoms with E-state index in [9.17, 15) is 9.90 Å². The maximum Gasteiger partial charge on any atom is 0.321 e. The minimum absolute atomic E-state index is 0.0567. The van der Waals surface area contributed by atoms with Crippen LogP contribution in [0.25, 0.3) is 0 Å². The number of unbranched alkanes of at least 4 members (excludes halogenated alkanes) is 1. The van der Waals surface area contributed by atoms with Crippen LogP contribution in [0.1, 0.15) is 25.7 Å². The Morgan fingerprint density at radius 1 is 1.31 bits per heavy atom. The fourth-order valence-corrected chi connectivity index (χ4v) is 1.45. The fraction of sp³-hybridized carbons (Fsp3) is 0.889. The quantitative estimate of drug-likeness (QED) is 0.175. The number of rotatable bonds is 10. The summed E-state index contributed by atoms with van der Waals surface area (Å²) < 4.78 is 2.41. The summed E-state index contributed by atoms with van der Waals surface area (Å²) in [6.45, 7) is 0.541. The molecule has 0 amide bonds. The van der Waals surface area contributed by atoms with Crippen LogP contribution in [0.5, 0.6) is 0 Å². The highest BCUT2D eigenvalue weighted by Crippen LogP contribution is 2.01. The van der Waals surface area contributed by atoms with Gasteiger partial charge in [0.25, 0.3) is 0 Å². The van der Waals surface area contributed by atoms with E-state index < -0.39 is 18.2 Å². The van der Waals surface area contributed by atoms with Crippen LogP contribution in [0.3, 0.4) is 0 Å². The van der Waals surface area contributed by atoms with E-state index in [0.29, 0.717) is 19.4 Å². The molecular weight excluding hydrogens is 232 g/mol. The average Bonchev–Trinajstić information content (AvgIpc) is 2.23. The number of aliphatic hydroxyl groups excluding tert-OH is 2. The molecule has 0 rings (SSSR count). The summed E-state index contributed by atoms with van der Waals surface area (Å²) >= 11 is 3.73. The molecule has 0 aliphatic carbocycles. The van der Waals surface area contributed by atoms with Crippen molar-refractivity contribution in [1.82, 2.24) is 10.0 Å². The zero-order chi connectivity index (χ0) is 12.4. The summed E-state index contributed by atoms with van der Waals surface area (Å²) in [6, 6.07) is -0.634. The highest BCUT2D eigenvalue weighted by Gasteiger charge is 2.14. The van der Waals surface area contributed by atoms with Gasteiger partial charge in [-0.15, -0.1) is 0 Å². The first kappa shape index (κ1) is 15.7. The molecule has 96 valence electrons. The molecule has 0 spiro atoms. The standard InChI is InChI=1S/C9H20N2O4S/c12-6-4-8(13)10-5-2-1-3-7(11-16)9(14)15/h7-8,10-13,16H,1-6H2,(H,14,15). The number of hydrogen-bond donors (Lipinski definition) is 6. The van der Waals surface area contributed by atoms with Gasteiger partial charge in [0.1, 0.15) is 12.3 Å². The minimum Gasteiger partial charge on any atom is -0.480 e. The van der Waals surface area contributed by atoms with Gasteiger partial charge in [-0.2, -0.15) is 0 Å². The smallest absolute Gasteiger partial charge is 0.321 e. The van der Waals surface area contributed by atoms with Crippen molar-refractivity contribution in [2.75, 3.05) is 13.2 Å². The first-order valence-corrected chi connectivity index (χ1v) is 5.71. The van der Waals surface area contributed by atoms with Crippen LogP contribution in [0.4, 0.5) is 0 Å². The summed E-state index contributed by atoms with van der Waals surface area (Å²) in [4.78, 5) is 10.6. The van der Waals surface area contributed by atoms with Gasteiger partial charge in [0.2, 0.25) is 0 Å². The molecule has 0 fully saturated rings. The lowest BCUT2D eigenvalue weighted by Gasteiger charge is -2.12.